The summed E-state index contributed by atoms with van der Waals surface area (Å²) in [5.41, 5.74) is 7.08. The van der Waals surface area contributed by atoms with Crippen LogP contribution >= 0.6 is 0 Å². The van der Waals surface area contributed by atoms with Crippen LogP contribution in [0.3, 0.4) is 0 Å². The molecule has 4 heteroatoms. The van der Waals surface area contributed by atoms with E-state index in [0.717, 1.165) is 30.4 Å². The standard InChI is InChI=1S/C14H18N2O2/c1-18-13-7-11(2-3-12(13)15)16-14(17)10-5-8-4-9(8)6-10/h2-3,7-10H,4-6,15H2,1H3,(H,16,17). The number of ether oxygens (including phenoxy) is 1. The Bertz CT molecular complexity index is 477. The van der Waals surface area contributed by atoms with E-state index in [1.165, 1.54) is 6.42 Å². The minimum atomic E-state index is 0.133. The minimum Gasteiger partial charge on any atom is -0.495 e. The van der Waals surface area contributed by atoms with E-state index in [4.69, 9.17) is 10.5 Å². The molecule has 2 atom stereocenters. The second kappa shape index (κ2) is 4.19. The van der Waals surface area contributed by atoms with Gasteiger partial charge in [-0.1, -0.05) is 0 Å². The quantitative estimate of drug-likeness (QED) is 0.804. The van der Waals surface area contributed by atoms with Crippen molar-refractivity contribution in [3.05, 3.63) is 18.2 Å². The van der Waals surface area contributed by atoms with Crippen LogP contribution in [0.2, 0.25) is 0 Å². The molecule has 2 saturated carbocycles. The van der Waals surface area contributed by atoms with Crippen molar-refractivity contribution in [3.63, 3.8) is 0 Å². The summed E-state index contributed by atoms with van der Waals surface area (Å²) >= 11 is 0. The van der Waals surface area contributed by atoms with Crippen LogP contribution in [0.4, 0.5) is 11.4 Å². The van der Waals surface area contributed by atoms with Crippen LogP contribution in [0, 0.1) is 17.8 Å². The Kier molecular flexibility index (Phi) is 2.65. The van der Waals surface area contributed by atoms with Gasteiger partial charge in [-0.15, -0.1) is 0 Å². The highest BCUT2D eigenvalue weighted by Crippen LogP contribution is 2.54. The largest absolute Gasteiger partial charge is 0.495 e. The third kappa shape index (κ3) is 2.03. The summed E-state index contributed by atoms with van der Waals surface area (Å²) in [6.07, 6.45) is 3.45. The van der Waals surface area contributed by atoms with Crippen molar-refractivity contribution in [1.29, 1.82) is 0 Å². The molecule has 96 valence electrons. The molecular weight excluding hydrogens is 228 g/mol. The number of nitrogens with one attached hydrogen (secondary N) is 1. The van der Waals surface area contributed by atoms with E-state index in [1.807, 2.05) is 6.07 Å². The fourth-order valence-corrected chi connectivity index (χ4v) is 2.96. The van der Waals surface area contributed by atoms with E-state index in [1.54, 1.807) is 19.2 Å². The van der Waals surface area contributed by atoms with Crippen molar-refractivity contribution in [2.24, 2.45) is 17.8 Å². The molecule has 3 rings (SSSR count). The predicted octanol–water partition coefficient (Wildman–Crippen LogP) is 2.26. The van der Waals surface area contributed by atoms with Crippen molar-refractivity contribution >= 4 is 17.3 Å². The van der Waals surface area contributed by atoms with Crippen LogP contribution in [0.25, 0.3) is 0 Å². The highest BCUT2D eigenvalue weighted by Gasteiger charge is 2.47. The molecule has 0 bridgehead atoms. The van der Waals surface area contributed by atoms with E-state index < -0.39 is 0 Å². The number of nitrogens with two attached hydrogens (primary N) is 1. The van der Waals surface area contributed by atoms with Crippen LogP contribution in [-0.4, -0.2) is 13.0 Å². The number of carbonyl (C=O) groups excluding carboxylic acids is 1. The zero-order valence-corrected chi connectivity index (χ0v) is 10.5. The lowest BCUT2D eigenvalue weighted by Crippen LogP contribution is -2.21. The van der Waals surface area contributed by atoms with Gasteiger partial charge in [0.25, 0.3) is 0 Å². The summed E-state index contributed by atoms with van der Waals surface area (Å²) in [6, 6.07) is 5.33. The summed E-state index contributed by atoms with van der Waals surface area (Å²) in [5.74, 6) is 2.57. The average molecular weight is 246 g/mol. The summed E-state index contributed by atoms with van der Waals surface area (Å²) in [4.78, 5) is 12.1. The SMILES string of the molecule is COc1cc(NC(=O)C2CC3CC3C2)ccc1N. The Morgan fingerprint density at radius 1 is 1.33 bits per heavy atom. The third-order valence-corrected chi connectivity index (χ3v) is 4.12. The van der Waals surface area contributed by atoms with Crippen molar-refractivity contribution in [3.8, 4) is 5.75 Å². The van der Waals surface area contributed by atoms with Crippen LogP contribution < -0.4 is 15.8 Å². The first-order chi connectivity index (χ1) is 8.67. The molecule has 2 unspecified atom stereocenters. The molecule has 1 aromatic rings. The van der Waals surface area contributed by atoms with Crippen molar-refractivity contribution in [1.82, 2.24) is 0 Å². The zero-order chi connectivity index (χ0) is 12.7. The van der Waals surface area contributed by atoms with Crippen LogP contribution in [-0.2, 0) is 4.79 Å². The normalized spacial score (nSPS) is 28.6. The Morgan fingerprint density at radius 2 is 2.06 bits per heavy atom. The van der Waals surface area contributed by atoms with Crippen molar-refractivity contribution < 1.29 is 9.53 Å². The van der Waals surface area contributed by atoms with Crippen LogP contribution in [0.5, 0.6) is 5.75 Å². The smallest absolute Gasteiger partial charge is 0.227 e. The summed E-state index contributed by atoms with van der Waals surface area (Å²) in [5, 5.41) is 2.95. The van der Waals surface area contributed by atoms with E-state index >= 15 is 0 Å². The first-order valence-corrected chi connectivity index (χ1v) is 6.41. The average Bonchev–Trinajstić information content (AvgIpc) is 2.98. The van der Waals surface area contributed by atoms with Gasteiger partial charge in [-0.3, -0.25) is 4.79 Å². The number of rotatable bonds is 3. The van der Waals surface area contributed by atoms with Gasteiger partial charge in [-0.25, -0.2) is 0 Å². The van der Waals surface area contributed by atoms with Gasteiger partial charge in [-0.2, -0.15) is 0 Å². The molecule has 2 aliphatic carbocycles. The Labute approximate surface area is 107 Å². The number of methoxy groups -OCH3 is 1. The Balaban J connectivity index is 1.66. The van der Waals surface area contributed by atoms with Gasteiger partial charge < -0.3 is 15.8 Å². The molecular formula is C14H18N2O2. The third-order valence-electron chi connectivity index (χ3n) is 4.12. The number of hydrogen-bond acceptors (Lipinski definition) is 3. The molecule has 0 saturated heterocycles. The Morgan fingerprint density at radius 3 is 2.72 bits per heavy atom. The maximum absolute atomic E-state index is 12.1. The number of nitrogen functional groups attached to an aromatic ring is 1. The highest BCUT2D eigenvalue weighted by atomic mass is 16.5. The maximum atomic E-state index is 12.1. The first-order valence-electron chi connectivity index (χ1n) is 6.41. The lowest BCUT2D eigenvalue weighted by atomic mass is 10.0. The van der Waals surface area contributed by atoms with Gasteiger partial charge in [0.15, 0.2) is 0 Å². The fourth-order valence-electron chi connectivity index (χ4n) is 2.96. The second-order valence-corrected chi connectivity index (χ2v) is 5.37. The number of fused-ring (bicyclic) bond motifs is 1. The lowest BCUT2D eigenvalue weighted by Gasteiger charge is -2.13. The number of carbonyl (C=O) groups is 1. The van der Waals surface area contributed by atoms with Crippen molar-refractivity contribution in [2.75, 3.05) is 18.2 Å². The lowest BCUT2D eigenvalue weighted by molar-refractivity contribution is -0.120. The summed E-state index contributed by atoms with van der Waals surface area (Å²) in [7, 11) is 1.57. The molecule has 0 aromatic heterocycles. The first kappa shape index (κ1) is 11.4. The summed E-state index contributed by atoms with van der Waals surface area (Å²) < 4.78 is 5.14. The van der Waals surface area contributed by atoms with Crippen LogP contribution in [0.15, 0.2) is 18.2 Å². The molecule has 1 aromatic carbocycles. The number of anilines is 2. The molecule has 0 radical (unpaired) electrons. The highest BCUT2D eigenvalue weighted by molar-refractivity contribution is 5.93. The predicted molar refractivity (Wildman–Crippen MR) is 70.4 cm³/mol. The maximum Gasteiger partial charge on any atom is 0.227 e. The zero-order valence-electron chi connectivity index (χ0n) is 10.5. The van der Waals surface area contributed by atoms with Gasteiger partial charge in [0.1, 0.15) is 5.75 Å². The van der Waals surface area contributed by atoms with Gasteiger partial charge in [-0.05, 0) is 43.2 Å². The molecule has 18 heavy (non-hydrogen) atoms. The molecule has 0 aliphatic heterocycles. The molecule has 2 fully saturated rings. The molecule has 0 heterocycles. The minimum absolute atomic E-state index is 0.133. The van der Waals surface area contributed by atoms with E-state index in [9.17, 15) is 4.79 Å². The Hall–Kier alpha value is -1.71. The van der Waals surface area contributed by atoms with Gasteiger partial charge in [0.05, 0.1) is 12.8 Å². The van der Waals surface area contributed by atoms with Gasteiger partial charge in [0, 0.05) is 17.7 Å². The van der Waals surface area contributed by atoms with E-state index in [-0.39, 0.29) is 11.8 Å². The second-order valence-electron chi connectivity index (χ2n) is 5.37. The van der Waals surface area contributed by atoms with Gasteiger partial charge in [0.2, 0.25) is 5.91 Å². The number of amides is 1. The molecule has 1 amide bonds. The van der Waals surface area contributed by atoms with E-state index in [2.05, 4.69) is 5.32 Å². The monoisotopic (exact) mass is 246 g/mol. The van der Waals surface area contributed by atoms with E-state index in [0.29, 0.717) is 11.4 Å². The molecule has 0 spiro atoms. The molecule has 3 N–H and O–H groups in total. The number of benzene rings is 1. The molecule has 2 aliphatic rings. The summed E-state index contributed by atoms with van der Waals surface area (Å²) in [6.45, 7) is 0. The number of hydrogen-bond donors (Lipinski definition) is 2. The topological polar surface area (TPSA) is 64.3 Å². The molecule has 4 nitrogen and oxygen atoms in total. The van der Waals surface area contributed by atoms with Gasteiger partial charge >= 0.3 is 0 Å². The van der Waals surface area contributed by atoms with Crippen molar-refractivity contribution in [2.45, 2.75) is 19.3 Å². The van der Waals surface area contributed by atoms with Crippen LogP contribution in [0.1, 0.15) is 19.3 Å². The fraction of sp³-hybridized carbons (Fsp3) is 0.500.